The highest BCUT2D eigenvalue weighted by molar-refractivity contribution is 7.07. The summed E-state index contributed by atoms with van der Waals surface area (Å²) in [6.45, 7) is 3.65. The fourth-order valence-corrected chi connectivity index (χ4v) is 4.93. The van der Waals surface area contributed by atoms with Gasteiger partial charge in [0.05, 0.1) is 24.9 Å². The molecule has 1 atom stereocenters. The van der Waals surface area contributed by atoms with Crippen molar-refractivity contribution in [2.24, 2.45) is 11.3 Å². The van der Waals surface area contributed by atoms with Gasteiger partial charge in [-0.15, -0.1) is 11.3 Å². The summed E-state index contributed by atoms with van der Waals surface area (Å²) in [5, 5.41) is 2.02. The zero-order chi connectivity index (χ0) is 18.9. The zero-order valence-corrected chi connectivity index (χ0v) is 16.9. The minimum Gasteiger partial charge on any atom is -0.496 e. The van der Waals surface area contributed by atoms with Gasteiger partial charge in [0, 0.05) is 30.5 Å². The molecule has 0 radical (unpaired) electrons. The molecule has 2 fully saturated rings. The molecule has 1 aromatic carbocycles. The lowest BCUT2D eigenvalue weighted by molar-refractivity contribution is -0.133. The van der Waals surface area contributed by atoms with Crippen LogP contribution in [0.25, 0.3) is 0 Å². The standard InChI is InChI=1S/C21H27N3O2S/c1-23(13-17-14-27-15-22-17)20(25)18-11-21(18)7-9-24(10-8-21)12-16-5-3-4-6-19(16)26-2/h3-6,14-15,18H,7-13H2,1-2H3. The molecule has 0 N–H and O–H groups in total. The molecule has 2 aliphatic rings. The molecule has 1 spiro atoms. The number of hydrogen-bond acceptors (Lipinski definition) is 5. The quantitative estimate of drug-likeness (QED) is 0.764. The van der Waals surface area contributed by atoms with E-state index in [4.69, 9.17) is 4.74 Å². The van der Waals surface area contributed by atoms with Crippen molar-refractivity contribution in [2.45, 2.75) is 32.4 Å². The first-order valence-corrected chi connectivity index (χ1v) is 10.5. The van der Waals surface area contributed by atoms with Crippen LogP contribution in [0.15, 0.2) is 35.2 Å². The van der Waals surface area contributed by atoms with E-state index in [0.717, 1.165) is 50.3 Å². The molecule has 0 bridgehead atoms. The van der Waals surface area contributed by atoms with E-state index < -0.39 is 0 Å². The minimum absolute atomic E-state index is 0.203. The molecule has 5 nitrogen and oxygen atoms in total. The maximum atomic E-state index is 12.8. The van der Waals surface area contributed by atoms with Crippen LogP contribution in [0.1, 0.15) is 30.5 Å². The first-order chi connectivity index (χ1) is 13.1. The molecule has 1 saturated carbocycles. The summed E-state index contributed by atoms with van der Waals surface area (Å²) < 4.78 is 5.48. The molecule has 6 heteroatoms. The normalized spacial score (nSPS) is 21.2. The Morgan fingerprint density at radius 3 is 2.85 bits per heavy atom. The van der Waals surface area contributed by atoms with Crippen molar-refractivity contribution in [1.82, 2.24) is 14.8 Å². The van der Waals surface area contributed by atoms with E-state index >= 15 is 0 Å². The predicted molar refractivity (Wildman–Crippen MR) is 107 cm³/mol. The average Bonchev–Trinajstić information content (AvgIpc) is 3.13. The van der Waals surface area contributed by atoms with Gasteiger partial charge in [-0.1, -0.05) is 18.2 Å². The predicted octanol–water partition coefficient (Wildman–Crippen LogP) is 3.41. The number of ether oxygens (including phenoxy) is 1. The number of likely N-dealkylation sites (tertiary alicyclic amines) is 1. The van der Waals surface area contributed by atoms with Crippen LogP contribution in [0.3, 0.4) is 0 Å². The number of hydrogen-bond donors (Lipinski definition) is 0. The molecular formula is C21H27N3O2S. The second-order valence-corrected chi connectivity index (χ2v) is 8.60. The summed E-state index contributed by atoms with van der Waals surface area (Å²) in [7, 11) is 3.64. The second-order valence-electron chi connectivity index (χ2n) is 7.88. The van der Waals surface area contributed by atoms with Gasteiger partial charge in [0.1, 0.15) is 5.75 Å². The van der Waals surface area contributed by atoms with E-state index in [0.29, 0.717) is 12.5 Å². The molecule has 2 aromatic rings. The van der Waals surface area contributed by atoms with Crippen LogP contribution in [0.2, 0.25) is 0 Å². The summed E-state index contributed by atoms with van der Waals surface area (Å²) in [5.41, 5.74) is 4.29. The summed E-state index contributed by atoms with van der Waals surface area (Å²) in [6.07, 6.45) is 3.28. The van der Waals surface area contributed by atoms with Crippen LogP contribution in [-0.2, 0) is 17.9 Å². The third-order valence-corrected chi connectivity index (χ3v) is 6.82. The summed E-state index contributed by atoms with van der Waals surface area (Å²) in [5.74, 6) is 1.46. The van der Waals surface area contributed by atoms with Crippen molar-refractivity contribution >= 4 is 17.2 Å². The van der Waals surface area contributed by atoms with Gasteiger partial charge in [0.2, 0.25) is 5.91 Å². The Morgan fingerprint density at radius 2 is 2.15 bits per heavy atom. The van der Waals surface area contributed by atoms with E-state index in [1.54, 1.807) is 18.4 Å². The monoisotopic (exact) mass is 385 g/mol. The smallest absolute Gasteiger partial charge is 0.226 e. The van der Waals surface area contributed by atoms with Gasteiger partial charge in [0.25, 0.3) is 0 Å². The topological polar surface area (TPSA) is 45.7 Å². The van der Waals surface area contributed by atoms with Crippen molar-refractivity contribution in [1.29, 1.82) is 0 Å². The van der Waals surface area contributed by atoms with Gasteiger partial charge in [-0.2, -0.15) is 0 Å². The number of para-hydroxylation sites is 1. The molecule has 4 rings (SSSR count). The number of thiazole rings is 1. The SMILES string of the molecule is COc1ccccc1CN1CCC2(CC1)CC2C(=O)N(C)Cc1cscn1. The van der Waals surface area contributed by atoms with Crippen molar-refractivity contribution in [3.05, 3.63) is 46.4 Å². The van der Waals surface area contributed by atoms with Crippen LogP contribution in [0, 0.1) is 11.3 Å². The van der Waals surface area contributed by atoms with Gasteiger partial charge >= 0.3 is 0 Å². The highest BCUT2D eigenvalue weighted by atomic mass is 32.1. The van der Waals surface area contributed by atoms with Crippen LogP contribution in [0.4, 0.5) is 0 Å². The maximum absolute atomic E-state index is 12.8. The molecule has 1 unspecified atom stereocenters. The number of benzene rings is 1. The first-order valence-electron chi connectivity index (χ1n) is 9.57. The fourth-order valence-electron chi connectivity index (χ4n) is 4.38. The number of carbonyl (C=O) groups is 1. The third-order valence-electron chi connectivity index (χ3n) is 6.18. The van der Waals surface area contributed by atoms with E-state index in [2.05, 4.69) is 22.0 Å². The Balaban J connectivity index is 1.30. The van der Waals surface area contributed by atoms with Crippen LogP contribution >= 0.6 is 11.3 Å². The van der Waals surface area contributed by atoms with Crippen LogP contribution in [0.5, 0.6) is 5.75 Å². The maximum Gasteiger partial charge on any atom is 0.226 e. The molecule has 1 aromatic heterocycles. The molecule has 27 heavy (non-hydrogen) atoms. The van der Waals surface area contributed by atoms with Gasteiger partial charge in [0.15, 0.2) is 0 Å². The highest BCUT2D eigenvalue weighted by Gasteiger charge is 2.58. The Labute approximate surface area is 165 Å². The minimum atomic E-state index is 0.203. The van der Waals surface area contributed by atoms with Crippen molar-refractivity contribution in [3.8, 4) is 5.75 Å². The van der Waals surface area contributed by atoms with E-state index in [-0.39, 0.29) is 11.3 Å². The number of methoxy groups -OCH3 is 1. The largest absolute Gasteiger partial charge is 0.496 e. The molecule has 1 aliphatic heterocycles. The molecule has 1 amide bonds. The van der Waals surface area contributed by atoms with E-state index in [1.807, 2.05) is 35.0 Å². The molecule has 1 aliphatic carbocycles. The van der Waals surface area contributed by atoms with Crippen LogP contribution in [-0.4, -0.2) is 47.9 Å². The Kier molecular flexibility index (Phi) is 5.19. The van der Waals surface area contributed by atoms with Gasteiger partial charge < -0.3 is 9.64 Å². The number of carbonyl (C=O) groups excluding carboxylic acids is 1. The lowest BCUT2D eigenvalue weighted by Gasteiger charge is -2.33. The number of rotatable bonds is 6. The number of aromatic nitrogens is 1. The summed E-state index contributed by atoms with van der Waals surface area (Å²) >= 11 is 1.58. The summed E-state index contributed by atoms with van der Waals surface area (Å²) in [4.78, 5) is 21.5. The van der Waals surface area contributed by atoms with Gasteiger partial charge in [-0.3, -0.25) is 9.69 Å². The second kappa shape index (κ2) is 7.60. The first kappa shape index (κ1) is 18.4. The number of amides is 1. The molecule has 1 saturated heterocycles. The van der Waals surface area contributed by atoms with Gasteiger partial charge in [-0.05, 0) is 43.8 Å². The van der Waals surface area contributed by atoms with Gasteiger partial charge in [-0.25, -0.2) is 4.98 Å². The Bertz CT molecular complexity index is 784. The van der Waals surface area contributed by atoms with Crippen molar-refractivity contribution in [2.75, 3.05) is 27.2 Å². The number of piperidine rings is 1. The average molecular weight is 386 g/mol. The molecule has 144 valence electrons. The Hall–Kier alpha value is -1.92. The number of nitrogens with zero attached hydrogens (tertiary/aromatic N) is 3. The lowest BCUT2D eigenvalue weighted by atomic mass is 9.90. The van der Waals surface area contributed by atoms with E-state index in [1.165, 1.54) is 5.56 Å². The molecular weight excluding hydrogens is 358 g/mol. The zero-order valence-electron chi connectivity index (χ0n) is 16.1. The highest BCUT2D eigenvalue weighted by Crippen LogP contribution is 2.60. The van der Waals surface area contributed by atoms with E-state index in [9.17, 15) is 4.79 Å². The van der Waals surface area contributed by atoms with Crippen molar-refractivity contribution in [3.63, 3.8) is 0 Å². The van der Waals surface area contributed by atoms with Crippen LogP contribution < -0.4 is 4.74 Å². The molecule has 2 heterocycles. The van der Waals surface area contributed by atoms with Crippen molar-refractivity contribution < 1.29 is 9.53 Å². The lowest BCUT2D eigenvalue weighted by Crippen LogP contribution is -2.37. The fraction of sp³-hybridized carbons (Fsp3) is 0.524. The summed E-state index contributed by atoms with van der Waals surface area (Å²) in [6, 6.07) is 8.24. The Morgan fingerprint density at radius 1 is 1.37 bits per heavy atom. The third kappa shape index (κ3) is 3.87.